The zero-order chi connectivity index (χ0) is 13.9. The molecule has 0 saturated heterocycles. The lowest BCUT2D eigenvalue weighted by Gasteiger charge is -2.22. The number of aryl methyl sites for hydroxylation is 1. The highest BCUT2D eigenvalue weighted by Gasteiger charge is 2.25. The van der Waals surface area contributed by atoms with Crippen LogP contribution in [0.15, 0.2) is 12.4 Å². The van der Waals surface area contributed by atoms with Gasteiger partial charge in [-0.2, -0.15) is 5.10 Å². The summed E-state index contributed by atoms with van der Waals surface area (Å²) >= 11 is 0. The number of nitrogens with one attached hydrogen (secondary N) is 2. The van der Waals surface area contributed by atoms with E-state index in [1.165, 1.54) is 10.9 Å². The van der Waals surface area contributed by atoms with Crippen LogP contribution in [0, 0.1) is 0 Å². The van der Waals surface area contributed by atoms with Crippen LogP contribution in [0.3, 0.4) is 0 Å². The molecular weight excluding hydrogens is 236 g/mol. The Morgan fingerprint density at radius 3 is 2.44 bits per heavy atom. The van der Waals surface area contributed by atoms with Gasteiger partial charge in [-0.1, -0.05) is 0 Å². The molecule has 1 aromatic heterocycles. The zero-order valence-electron chi connectivity index (χ0n) is 10.9. The van der Waals surface area contributed by atoms with Gasteiger partial charge >= 0.3 is 12.0 Å². The fraction of sp³-hybridized carbons (Fsp3) is 0.545. The number of urea groups is 1. The summed E-state index contributed by atoms with van der Waals surface area (Å²) in [7, 11) is 1.68. The van der Waals surface area contributed by atoms with Gasteiger partial charge in [0.2, 0.25) is 0 Å². The minimum absolute atomic E-state index is 0.425. The molecule has 1 heterocycles. The van der Waals surface area contributed by atoms with Gasteiger partial charge in [-0.15, -0.1) is 0 Å². The van der Waals surface area contributed by atoms with Gasteiger partial charge in [0.05, 0.1) is 6.20 Å². The van der Waals surface area contributed by atoms with Crippen molar-refractivity contribution < 1.29 is 14.7 Å². The summed E-state index contributed by atoms with van der Waals surface area (Å²) < 4.78 is 1.48. The third kappa shape index (κ3) is 4.08. The van der Waals surface area contributed by atoms with Gasteiger partial charge in [0.15, 0.2) is 6.04 Å². The van der Waals surface area contributed by atoms with Crippen LogP contribution in [-0.2, 0) is 11.8 Å². The molecular formula is C11H18N4O3. The predicted molar refractivity (Wildman–Crippen MR) is 65.0 cm³/mol. The van der Waals surface area contributed by atoms with Crippen molar-refractivity contribution in [2.24, 2.45) is 7.05 Å². The molecule has 0 aliphatic heterocycles. The Kier molecular flexibility index (Phi) is 3.95. The first-order valence-electron chi connectivity index (χ1n) is 5.49. The molecule has 7 heteroatoms. The van der Waals surface area contributed by atoms with Gasteiger partial charge in [-0.3, -0.25) is 4.68 Å². The molecule has 1 rings (SSSR count). The van der Waals surface area contributed by atoms with Crippen molar-refractivity contribution in [3.05, 3.63) is 18.0 Å². The van der Waals surface area contributed by atoms with Crippen LogP contribution >= 0.6 is 0 Å². The van der Waals surface area contributed by atoms with Crippen molar-refractivity contribution in [3.63, 3.8) is 0 Å². The van der Waals surface area contributed by atoms with E-state index in [0.717, 1.165) is 0 Å². The van der Waals surface area contributed by atoms with E-state index in [-0.39, 0.29) is 0 Å². The molecule has 0 aromatic carbocycles. The topological polar surface area (TPSA) is 96.2 Å². The number of amides is 2. The fourth-order valence-corrected chi connectivity index (χ4v) is 1.38. The molecule has 0 fully saturated rings. The first-order chi connectivity index (χ1) is 8.19. The van der Waals surface area contributed by atoms with E-state index in [1.807, 2.05) is 20.8 Å². The minimum atomic E-state index is -1.13. The van der Waals surface area contributed by atoms with E-state index in [4.69, 9.17) is 5.11 Å². The quantitative estimate of drug-likeness (QED) is 0.737. The first kappa shape index (κ1) is 14.0. The molecule has 0 saturated carbocycles. The molecule has 3 N–H and O–H groups in total. The maximum absolute atomic E-state index is 11.6. The van der Waals surface area contributed by atoms with E-state index in [0.29, 0.717) is 5.56 Å². The number of carbonyl (C=O) groups is 2. The van der Waals surface area contributed by atoms with Crippen LogP contribution in [0.4, 0.5) is 4.79 Å². The zero-order valence-corrected chi connectivity index (χ0v) is 10.9. The van der Waals surface area contributed by atoms with Crippen LogP contribution in [0.5, 0.6) is 0 Å². The standard InChI is InChI=1S/C11H18N4O3/c1-11(2,3)14-10(18)13-8(9(16)17)7-5-12-15(4)6-7/h5-6,8H,1-4H3,(H,16,17)(H2,13,14,18). The summed E-state index contributed by atoms with van der Waals surface area (Å²) in [5.41, 5.74) is -0.00344. The number of carboxylic acid groups (broad SMARTS) is 1. The Morgan fingerprint density at radius 1 is 1.44 bits per heavy atom. The van der Waals surface area contributed by atoms with Crippen molar-refractivity contribution in [1.82, 2.24) is 20.4 Å². The van der Waals surface area contributed by atoms with Gasteiger partial charge in [-0.05, 0) is 20.8 Å². The lowest BCUT2D eigenvalue weighted by molar-refractivity contribution is -0.139. The monoisotopic (exact) mass is 254 g/mol. The SMILES string of the molecule is Cn1cc(C(NC(=O)NC(C)(C)C)C(=O)O)cn1. The average Bonchev–Trinajstić information content (AvgIpc) is 2.57. The number of rotatable bonds is 3. The Hall–Kier alpha value is -2.05. The molecule has 1 atom stereocenters. The Morgan fingerprint density at radius 2 is 2.06 bits per heavy atom. The maximum Gasteiger partial charge on any atom is 0.331 e. The molecule has 100 valence electrons. The number of carboxylic acids is 1. The molecule has 0 aliphatic carbocycles. The Balaban J connectivity index is 2.76. The molecule has 2 amide bonds. The maximum atomic E-state index is 11.6. The van der Waals surface area contributed by atoms with Crippen LogP contribution in [-0.4, -0.2) is 32.4 Å². The molecule has 1 aromatic rings. The van der Waals surface area contributed by atoms with Crippen molar-refractivity contribution in [1.29, 1.82) is 0 Å². The van der Waals surface area contributed by atoms with Gasteiger partial charge in [0.25, 0.3) is 0 Å². The lowest BCUT2D eigenvalue weighted by atomic mass is 10.1. The Bertz CT molecular complexity index is 447. The van der Waals surface area contributed by atoms with Crippen molar-refractivity contribution in [2.75, 3.05) is 0 Å². The molecule has 18 heavy (non-hydrogen) atoms. The number of hydrogen-bond donors (Lipinski definition) is 3. The summed E-state index contributed by atoms with van der Waals surface area (Å²) in [6.07, 6.45) is 2.96. The molecule has 7 nitrogen and oxygen atoms in total. The van der Waals surface area contributed by atoms with Gasteiger partial charge < -0.3 is 15.7 Å². The van der Waals surface area contributed by atoms with E-state index >= 15 is 0 Å². The highest BCUT2D eigenvalue weighted by molar-refractivity contribution is 5.83. The number of aromatic nitrogens is 2. The van der Waals surface area contributed by atoms with Crippen molar-refractivity contribution in [3.8, 4) is 0 Å². The van der Waals surface area contributed by atoms with Crippen LogP contribution < -0.4 is 10.6 Å². The van der Waals surface area contributed by atoms with Gasteiger partial charge in [-0.25, -0.2) is 9.59 Å². The molecule has 1 unspecified atom stereocenters. The summed E-state index contributed by atoms with van der Waals surface area (Å²) in [6, 6.07) is -1.64. The second-order valence-corrected chi connectivity index (χ2v) is 5.07. The number of hydrogen-bond acceptors (Lipinski definition) is 3. The van der Waals surface area contributed by atoms with Gasteiger partial charge in [0, 0.05) is 24.3 Å². The number of carbonyl (C=O) groups excluding carboxylic acids is 1. The number of nitrogens with zero attached hydrogens (tertiary/aromatic N) is 2. The normalized spacial score (nSPS) is 12.9. The number of aliphatic carboxylic acids is 1. The van der Waals surface area contributed by atoms with Crippen molar-refractivity contribution >= 4 is 12.0 Å². The minimum Gasteiger partial charge on any atom is -0.479 e. The van der Waals surface area contributed by atoms with E-state index in [1.54, 1.807) is 13.2 Å². The lowest BCUT2D eigenvalue weighted by Crippen LogP contribution is -2.48. The summed E-state index contributed by atoms with van der Waals surface area (Å²) in [6.45, 7) is 5.44. The summed E-state index contributed by atoms with van der Waals surface area (Å²) in [5.74, 6) is -1.13. The van der Waals surface area contributed by atoms with E-state index in [2.05, 4.69) is 15.7 Å². The summed E-state index contributed by atoms with van der Waals surface area (Å²) in [4.78, 5) is 22.8. The Labute approximate surface area is 105 Å². The first-order valence-corrected chi connectivity index (χ1v) is 5.49. The molecule has 0 spiro atoms. The third-order valence-electron chi connectivity index (χ3n) is 2.07. The molecule has 0 radical (unpaired) electrons. The van der Waals surface area contributed by atoms with Crippen LogP contribution in [0.25, 0.3) is 0 Å². The largest absolute Gasteiger partial charge is 0.479 e. The second kappa shape index (κ2) is 5.07. The fourth-order valence-electron chi connectivity index (χ4n) is 1.38. The predicted octanol–water partition coefficient (Wildman–Crippen LogP) is 0.643. The van der Waals surface area contributed by atoms with E-state index in [9.17, 15) is 9.59 Å². The third-order valence-corrected chi connectivity index (χ3v) is 2.07. The average molecular weight is 254 g/mol. The summed E-state index contributed by atoms with van der Waals surface area (Å²) in [5, 5.41) is 18.0. The smallest absolute Gasteiger partial charge is 0.331 e. The molecule has 0 bridgehead atoms. The highest BCUT2D eigenvalue weighted by atomic mass is 16.4. The van der Waals surface area contributed by atoms with Gasteiger partial charge in [0.1, 0.15) is 0 Å². The van der Waals surface area contributed by atoms with Crippen molar-refractivity contribution in [2.45, 2.75) is 32.4 Å². The second-order valence-electron chi connectivity index (χ2n) is 5.07. The van der Waals surface area contributed by atoms with Crippen LogP contribution in [0.1, 0.15) is 32.4 Å². The van der Waals surface area contributed by atoms with Crippen LogP contribution in [0.2, 0.25) is 0 Å². The highest BCUT2D eigenvalue weighted by Crippen LogP contribution is 2.12. The van der Waals surface area contributed by atoms with E-state index < -0.39 is 23.6 Å². The molecule has 0 aliphatic rings.